The topological polar surface area (TPSA) is 75.4 Å². The van der Waals surface area contributed by atoms with Crippen LogP contribution in [0.25, 0.3) is 0 Å². The van der Waals surface area contributed by atoms with E-state index in [2.05, 4.69) is 29.3 Å². The molecular formula is C23H31N3O2S. The fourth-order valence-corrected chi connectivity index (χ4v) is 3.74. The second-order valence-electron chi connectivity index (χ2n) is 8.17. The SMILES string of the molecule is CN(C)[C@H](CNC(=O)C1CC1(C)c1ccccc1)Cc1ccc(C(N)=O)cc1.S. The maximum Gasteiger partial charge on any atom is 0.248 e. The highest BCUT2D eigenvalue weighted by atomic mass is 32.1. The van der Waals surface area contributed by atoms with Gasteiger partial charge in [-0.25, -0.2) is 0 Å². The minimum absolute atomic E-state index is 0. The molecule has 0 radical (unpaired) electrons. The minimum Gasteiger partial charge on any atom is -0.366 e. The van der Waals surface area contributed by atoms with E-state index in [1.54, 1.807) is 12.1 Å². The van der Waals surface area contributed by atoms with E-state index in [4.69, 9.17) is 5.73 Å². The zero-order valence-electron chi connectivity index (χ0n) is 17.3. The van der Waals surface area contributed by atoms with E-state index in [1.165, 1.54) is 5.56 Å². The van der Waals surface area contributed by atoms with Crippen LogP contribution in [0.15, 0.2) is 54.6 Å². The molecule has 29 heavy (non-hydrogen) atoms. The lowest BCUT2D eigenvalue weighted by atomic mass is 9.95. The Labute approximate surface area is 180 Å². The lowest BCUT2D eigenvalue weighted by Gasteiger charge is -2.25. The van der Waals surface area contributed by atoms with Crippen molar-refractivity contribution in [2.45, 2.75) is 31.2 Å². The molecule has 0 spiro atoms. The first-order valence-corrected chi connectivity index (χ1v) is 9.69. The van der Waals surface area contributed by atoms with Gasteiger partial charge in [0.25, 0.3) is 0 Å². The summed E-state index contributed by atoms with van der Waals surface area (Å²) in [6.07, 6.45) is 1.68. The van der Waals surface area contributed by atoms with Crippen molar-refractivity contribution < 1.29 is 9.59 Å². The van der Waals surface area contributed by atoms with Crippen molar-refractivity contribution in [3.05, 3.63) is 71.3 Å². The van der Waals surface area contributed by atoms with Crippen molar-refractivity contribution >= 4 is 25.3 Å². The summed E-state index contributed by atoms with van der Waals surface area (Å²) in [4.78, 5) is 26.0. The molecule has 2 aromatic rings. The number of hydrogen-bond acceptors (Lipinski definition) is 3. The summed E-state index contributed by atoms with van der Waals surface area (Å²) in [5.41, 5.74) is 8.09. The number of nitrogens with zero attached hydrogens (tertiary/aromatic N) is 1. The predicted octanol–water partition coefficient (Wildman–Crippen LogP) is 2.46. The number of carbonyl (C=O) groups is 2. The Kier molecular flexibility index (Phi) is 7.49. The molecular weight excluding hydrogens is 382 g/mol. The average Bonchev–Trinajstić information content (AvgIpc) is 3.39. The molecule has 0 aliphatic heterocycles. The first-order valence-electron chi connectivity index (χ1n) is 9.69. The standard InChI is InChI=1S/C23H29N3O2.H2S/c1-23(18-7-5-4-6-8-18)14-20(23)22(28)25-15-19(26(2)3)13-16-9-11-17(12-10-16)21(24)27;/h4-12,19-20H,13-15H2,1-3H3,(H2,24,27)(H,25,28);1H2/t19-,20?,23?;/m0./s1. The Morgan fingerprint density at radius 2 is 1.76 bits per heavy atom. The van der Waals surface area contributed by atoms with Crippen molar-refractivity contribution in [3.63, 3.8) is 0 Å². The molecule has 156 valence electrons. The minimum atomic E-state index is -0.422. The Morgan fingerprint density at radius 3 is 2.31 bits per heavy atom. The van der Waals surface area contributed by atoms with Gasteiger partial charge in [0, 0.05) is 29.5 Å². The van der Waals surface area contributed by atoms with Crippen molar-refractivity contribution in [1.29, 1.82) is 0 Å². The van der Waals surface area contributed by atoms with Gasteiger partial charge in [-0.1, -0.05) is 49.4 Å². The van der Waals surface area contributed by atoms with Gasteiger partial charge in [0.05, 0.1) is 0 Å². The molecule has 6 heteroatoms. The molecule has 0 saturated heterocycles. The smallest absolute Gasteiger partial charge is 0.248 e. The Morgan fingerprint density at radius 1 is 1.14 bits per heavy atom. The van der Waals surface area contributed by atoms with Crippen LogP contribution in [0.4, 0.5) is 0 Å². The van der Waals surface area contributed by atoms with Gasteiger partial charge in [-0.2, -0.15) is 13.5 Å². The number of likely N-dealkylation sites (N-methyl/N-ethyl adjacent to an activating group) is 1. The summed E-state index contributed by atoms with van der Waals surface area (Å²) in [5.74, 6) is -0.260. The Hall–Kier alpha value is -2.31. The molecule has 0 bridgehead atoms. The zero-order valence-corrected chi connectivity index (χ0v) is 18.3. The van der Waals surface area contributed by atoms with E-state index in [0.717, 1.165) is 18.4 Å². The van der Waals surface area contributed by atoms with Crippen LogP contribution in [0.5, 0.6) is 0 Å². The third-order valence-electron chi connectivity index (χ3n) is 5.94. The fourth-order valence-electron chi connectivity index (χ4n) is 3.74. The molecule has 2 aromatic carbocycles. The number of rotatable bonds is 8. The van der Waals surface area contributed by atoms with Crippen molar-refractivity contribution in [2.24, 2.45) is 11.7 Å². The summed E-state index contributed by atoms with van der Waals surface area (Å²) >= 11 is 0. The molecule has 1 fully saturated rings. The van der Waals surface area contributed by atoms with Crippen LogP contribution in [0.2, 0.25) is 0 Å². The maximum atomic E-state index is 12.7. The number of nitrogens with two attached hydrogens (primary N) is 1. The van der Waals surface area contributed by atoms with Gasteiger partial charge in [-0.3, -0.25) is 9.59 Å². The number of carbonyl (C=O) groups excluding carboxylic acids is 2. The lowest BCUT2D eigenvalue weighted by Crippen LogP contribution is -2.42. The summed E-state index contributed by atoms with van der Waals surface area (Å²) in [6, 6.07) is 17.8. The molecule has 0 heterocycles. The summed E-state index contributed by atoms with van der Waals surface area (Å²) < 4.78 is 0. The molecule has 3 N–H and O–H groups in total. The van der Waals surface area contributed by atoms with Gasteiger partial charge in [-0.15, -0.1) is 0 Å². The number of benzene rings is 2. The highest BCUT2D eigenvalue weighted by Gasteiger charge is 2.55. The van der Waals surface area contributed by atoms with Crippen LogP contribution in [0, 0.1) is 5.92 Å². The highest BCUT2D eigenvalue weighted by molar-refractivity contribution is 7.59. The maximum absolute atomic E-state index is 12.7. The van der Waals surface area contributed by atoms with Gasteiger partial charge >= 0.3 is 0 Å². The van der Waals surface area contributed by atoms with Crippen molar-refractivity contribution in [1.82, 2.24) is 10.2 Å². The van der Waals surface area contributed by atoms with Crippen LogP contribution in [-0.2, 0) is 16.6 Å². The van der Waals surface area contributed by atoms with Crippen LogP contribution in [-0.4, -0.2) is 43.4 Å². The van der Waals surface area contributed by atoms with E-state index < -0.39 is 5.91 Å². The first-order chi connectivity index (χ1) is 13.3. The van der Waals surface area contributed by atoms with Gasteiger partial charge in [0.1, 0.15) is 0 Å². The van der Waals surface area contributed by atoms with E-state index in [-0.39, 0.29) is 36.8 Å². The molecule has 2 unspecified atom stereocenters. The molecule has 3 atom stereocenters. The monoisotopic (exact) mass is 413 g/mol. The van der Waals surface area contributed by atoms with Gasteiger partial charge < -0.3 is 16.0 Å². The molecule has 2 amide bonds. The van der Waals surface area contributed by atoms with Crippen molar-refractivity contribution in [2.75, 3.05) is 20.6 Å². The average molecular weight is 414 g/mol. The largest absolute Gasteiger partial charge is 0.366 e. The van der Waals surface area contributed by atoms with Crippen LogP contribution < -0.4 is 11.1 Å². The first kappa shape index (κ1) is 23.0. The second-order valence-corrected chi connectivity index (χ2v) is 8.17. The fraction of sp³-hybridized carbons (Fsp3) is 0.391. The summed E-state index contributed by atoms with van der Waals surface area (Å²) in [5, 5.41) is 3.15. The number of amides is 2. The van der Waals surface area contributed by atoms with E-state index in [9.17, 15) is 9.59 Å². The van der Waals surface area contributed by atoms with E-state index >= 15 is 0 Å². The van der Waals surface area contributed by atoms with Gasteiger partial charge in [0.15, 0.2) is 0 Å². The van der Waals surface area contributed by atoms with E-state index in [1.807, 2.05) is 44.4 Å². The number of nitrogens with one attached hydrogen (secondary N) is 1. The molecule has 1 saturated carbocycles. The van der Waals surface area contributed by atoms with Crippen LogP contribution in [0.3, 0.4) is 0 Å². The highest BCUT2D eigenvalue weighted by Crippen LogP contribution is 2.53. The van der Waals surface area contributed by atoms with E-state index in [0.29, 0.717) is 12.1 Å². The predicted molar refractivity (Wildman–Crippen MR) is 121 cm³/mol. The molecule has 0 aromatic heterocycles. The van der Waals surface area contributed by atoms with Gasteiger partial charge in [0.2, 0.25) is 11.8 Å². The second kappa shape index (κ2) is 9.46. The molecule has 3 rings (SSSR count). The third-order valence-corrected chi connectivity index (χ3v) is 5.94. The quantitative estimate of drug-likeness (QED) is 0.698. The zero-order chi connectivity index (χ0) is 20.3. The van der Waals surface area contributed by atoms with Crippen LogP contribution in [0.1, 0.15) is 34.8 Å². The van der Waals surface area contributed by atoms with Crippen LogP contribution >= 0.6 is 13.5 Å². The summed E-state index contributed by atoms with van der Waals surface area (Å²) in [6.45, 7) is 2.75. The summed E-state index contributed by atoms with van der Waals surface area (Å²) in [7, 11) is 4.03. The lowest BCUT2D eigenvalue weighted by molar-refractivity contribution is -0.122. The Balaban J connectivity index is 0.00000300. The van der Waals surface area contributed by atoms with Gasteiger partial charge in [-0.05, 0) is 50.2 Å². The molecule has 1 aliphatic rings. The normalized spacial score (nSPS) is 21.2. The Bertz CT molecular complexity index is 839. The number of primary amides is 1. The molecule has 5 nitrogen and oxygen atoms in total. The number of hydrogen-bond donors (Lipinski definition) is 2. The third kappa shape index (κ3) is 5.40. The molecule has 1 aliphatic carbocycles. The van der Waals surface area contributed by atoms with Crippen molar-refractivity contribution in [3.8, 4) is 0 Å².